The molecule has 0 aromatic heterocycles. The highest BCUT2D eigenvalue weighted by Gasteiger charge is 2.45. The molecule has 1 aliphatic carbocycles. The number of nitrogens with zero attached hydrogens (tertiary/aromatic N) is 1. The summed E-state index contributed by atoms with van der Waals surface area (Å²) in [6.45, 7) is 5.63. The van der Waals surface area contributed by atoms with Crippen LogP contribution in [0.1, 0.15) is 59.3 Å². The van der Waals surface area contributed by atoms with Crippen LogP contribution < -0.4 is 0 Å². The molecule has 2 aliphatic rings. The molecule has 0 spiro atoms. The van der Waals surface area contributed by atoms with E-state index in [0.29, 0.717) is 6.42 Å². The van der Waals surface area contributed by atoms with Gasteiger partial charge >= 0.3 is 11.9 Å². The molecule has 2 rings (SSSR count). The number of esters is 2. The standard InChI is InChI=1S/C19H29NO5/c1-4-24-18(22)16(19(23)25-5-2)15-11-13(3)12-20(17(15)21)14-9-7-6-8-10-14/h12,14-16H,4-11H2,1-3H3. The summed E-state index contributed by atoms with van der Waals surface area (Å²) in [4.78, 5) is 39.6. The second-order valence-electron chi connectivity index (χ2n) is 6.81. The van der Waals surface area contributed by atoms with E-state index in [1.54, 1.807) is 18.7 Å². The number of carbonyl (C=O) groups excluding carboxylic acids is 3. The summed E-state index contributed by atoms with van der Waals surface area (Å²) in [5.74, 6) is -3.44. The van der Waals surface area contributed by atoms with E-state index in [1.807, 2.05) is 13.1 Å². The molecule has 1 aliphatic heterocycles. The molecule has 25 heavy (non-hydrogen) atoms. The van der Waals surface area contributed by atoms with Gasteiger partial charge in [0, 0.05) is 12.2 Å². The predicted molar refractivity (Wildman–Crippen MR) is 92.3 cm³/mol. The molecule has 0 aromatic rings. The molecule has 6 heteroatoms. The smallest absolute Gasteiger partial charge is 0.321 e. The molecule has 6 nitrogen and oxygen atoms in total. The third kappa shape index (κ3) is 4.61. The Labute approximate surface area is 149 Å². The van der Waals surface area contributed by atoms with E-state index in [2.05, 4.69) is 0 Å². The van der Waals surface area contributed by atoms with Gasteiger partial charge in [0.05, 0.1) is 19.1 Å². The molecule has 0 saturated heterocycles. The van der Waals surface area contributed by atoms with Gasteiger partial charge in [-0.05, 0) is 40.0 Å². The average Bonchev–Trinajstić information content (AvgIpc) is 2.59. The zero-order chi connectivity index (χ0) is 18.4. The molecule has 1 saturated carbocycles. The average molecular weight is 351 g/mol. The number of carbonyl (C=O) groups is 3. The topological polar surface area (TPSA) is 72.9 Å². The molecule has 1 fully saturated rings. The Morgan fingerprint density at radius 1 is 1.12 bits per heavy atom. The van der Waals surface area contributed by atoms with Crippen molar-refractivity contribution in [1.29, 1.82) is 0 Å². The summed E-state index contributed by atoms with van der Waals surface area (Å²) in [5.41, 5.74) is 0.994. The maximum atomic E-state index is 13.1. The van der Waals surface area contributed by atoms with Gasteiger partial charge in [0.2, 0.25) is 5.91 Å². The van der Waals surface area contributed by atoms with Crippen molar-refractivity contribution in [1.82, 2.24) is 4.90 Å². The lowest BCUT2D eigenvalue weighted by molar-refractivity contribution is -0.168. The normalized spacial score (nSPS) is 21.9. The number of hydrogen-bond acceptors (Lipinski definition) is 5. The van der Waals surface area contributed by atoms with Crippen molar-refractivity contribution in [3.63, 3.8) is 0 Å². The molecule has 0 N–H and O–H groups in total. The molecule has 140 valence electrons. The highest BCUT2D eigenvalue weighted by Crippen LogP contribution is 2.34. The fourth-order valence-corrected chi connectivity index (χ4v) is 3.77. The first-order valence-electron chi connectivity index (χ1n) is 9.32. The monoisotopic (exact) mass is 351 g/mol. The van der Waals surface area contributed by atoms with Crippen molar-refractivity contribution in [2.75, 3.05) is 13.2 Å². The van der Waals surface area contributed by atoms with Gasteiger partial charge in [-0.1, -0.05) is 24.8 Å². The number of allylic oxidation sites excluding steroid dienone is 1. The predicted octanol–water partition coefficient (Wildman–Crippen LogP) is 2.81. The van der Waals surface area contributed by atoms with E-state index < -0.39 is 23.8 Å². The van der Waals surface area contributed by atoms with Crippen molar-refractivity contribution in [2.24, 2.45) is 11.8 Å². The van der Waals surface area contributed by atoms with Crippen LogP contribution in [0.5, 0.6) is 0 Å². The second-order valence-corrected chi connectivity index (χ2v) is 6.81. The van der Waals surface area contributed by atoms with Gasteiger partial charge in [-0.3, -0.25) is 14.4 Å². The van der Waals surface area contributed by atoms with E-state index in [-0.39, 0.29) is 25.2 Å². The highest BCUT2D eigenvalue weighted by atomic mass is 16.6. The van der Waals surface area contributed by atoms with Crippen LogP contribution in [0.3, 0.4) is 0 Å². The summed E-state index contributed by atoms with van der Waals surface area (Å²) in [7, 11) is 0. The zero-order valence-corrected chi connectivity index (χ0v) is 15.5. The Morgan fingerprint density at radius 3 is 2.20 bits per heavy atom. The number of amides is 1. The van der Waals surface area contributed by atoms with E-state index in [9.17, 15) is 14.4 Å². The maximum absolute atomic E-state index is 13.1. The Bertz CT molecular complexity index is 518. The first-order chi connectivity index (χ1) is 12.0. The Morgan fingerprint density at radius 2 is 1.68 bits per heavy atom. The van der Waals surface area contributed by atoms with Gasteiger partial charge in [-0.15, -0.1) is 0 Å². The summed E-state index contributed by atoms with van der Waals surface area (Å²) >= 11 is 0. The van der Waals surface area contributed by atoms with Crippen LogP contribution in [0.25, 0.3) is 0 Å². The molecule has 1 unspecified atom stereocenters. The van der Waals surface area contributed by atoms with E-state index >= 15 is 0 Å². The molecule has 1 amide bonds. The minimum Gasteiger partial charge on any atom is -0.465 e. The van der Waals surface area contributed by atoms with Gasteiger partial charge in [0.1, 0.15) is 0 Å². The largest absolute Gasteiger partial charge is 0.465 e. The molecule has 0 bridgehead atoms. The SMILES string of the molecule is CCOC(=O)C(C(=O)OCC)C1CC(C)=CN(C2CCCCC2)C1=O. The lowest BCUT2D eigenvalue weighted by atomic mass is 9.82. The quantitative estimate of drug-likeness (QED) is 0.543. The van der Waals surface area contributed by atoms with Crippen LogP contribution in [-0.2, 0) is 23.9 Å². The van der Waals surface area contributed by atoms with Crippen LogP contribution in [0.15, 0.2) is 11.8 Å². The van der Waals surface area contributed by atoms with Crippen molar-refractivity contribution >= 4 is 17.8 Å². The lowest BCUT2D eigenvalue weighted by Gasteiger charge is -2.38. The van der Waals surface area contributed by atoms with Crippen molar-refractivity contribution < 1.29 is 23.9 Å². The minimum absolute atomic E-state index is 0.157. The Kier molecular flexibility index (Phi) is 7.02. The third-order valence-corrected chi connectivity index (χ3v) is 4.92. The molecule has 0 radical (unpaired) electrons. The molecule has 1 heterocycles. The number of hydrogen-bond donors (Lipinski definition) is 0. The summed E-state index contributed by atoms with van der Waals surface area (Å²) in [6, 6.07) is 0.157. The first kappa shape index (κ1) is 19.5. The van der Waals surface area contributed by atoms with Gasteiger partial charge in [0.25, 0.3) is 0 Å². The molecular weight excluding hydrogens is 322 g/mol. The second kappa shape index (κ2) is 9.02. The fourth-order valence-electron chi connectivity index (χ4n) is 3.77. The maximum Gasteiger partial charge on any atom is 0.321 e. The van der Waals surface area contributed by atoms with E-state index in [1.165, 1.54) is 6.42 Å². The third-order valence-electron chi connectivity index (χ3n) is 4.92. The van der Waals surface area contributed by atoms with Crippen LogP contribution in [0.4, 0.5) is 0 Å². The summed E-state index contributed by atoms with van der Waals surface area (Å²) in [5, 5.41) is 0. The highest BCUT2D eigenvalue weighted by molar-refractivity contribution is 6.00. The van der Waals surface area contributed by atoms with E-state index in [4.69, 9.17) is 9.47 Å². The fraction of sp³-hybridized carbons (Fsp3) is 0.737. The van der Waals surface area contributed by atoms with Crippen LogP contribution >= 0.6 is 0 Å². The molecule has 1 atom stereocenters. The Hall–Kier alpha value is -1.85. The van der Waals surface area contributed by atoms with Gasteiger partial charge in [-0.25, -0.2) is 0 Å². The number of rotatable bonds is 6. The summed E-state index contributed by atoms with van der Waals surface area (Å²) in [6.07, 6.45) is 7.60. The molecule has 0 aromatic carbocycles. The van der Waals surface area contributed by atoms with Crippen LogP contribution in [0.2, 0.25) is 0 Å². The van der Waals surface area contributed by atoms with E-state index in [0.717, 1.165) is 31.3 Å². The van der Waals surface area contributed by atoms with Crippen LogP contribution in [-0.4, -0.2) is 42.0 Å². The van der Waals surface area contributed by atoms with Gasteiger partial charge in [-0.2, -0.15) is 0 Å². The first-order valence-corrected chi connectivity index (χ1v) is 9.32. The van der Waals surface area contributed by atoms with Gasteiger partial charge < -0.3 is 14.4 Å². The Balaban J connectivity index is 2.26. The summed E-state index contributed by atoms with van der Waals surface area (Å²) < 4.78 is 10.1. The van der Waals surface area contributed by atoms with Crippen LogP contribution in [0, 0.1) is 11.8 Å². The minimum atomic E-state index is -1.19. The van der Waals surface area contributed by atoms with Gasteiger partial charge in [0.15, 0.2) is 5.92 Å². The number of ether oxygens (including phenoxy) is 2. The zero-order valence-electron chi connectivity index (χ0n) is 15.5. The van der Waals surface area contributed by atoms with Crippen molar-refractivity contribution in [3.8, 4) is 0 Å². The van der Waals surface area contributed by atoms with Crippen molar-refractivity contribution in [3.05, 3.63) is 11.8 Å². The lowest BCUT2D eigenvalue weighted by Crippen LogP contribution is -2.49. The van der Waals surface area contributed by atoms with Crippen molar-refractivity contribution in [2.45, 2.75) is 65.3 Å². The molecular formula is C19H29NO5.